The molecule has 1 N–H and O–H groups in total. The van der Waals surface area contributed by atoms with Gasteiger partial charge in [0.05, 0.1) is 0 Å². The van der Waals surface area contributed by atoms with E-state index >= 15 is 0 Å². The SMILES string of the molecule is CC/C=C\C=C/CCCCCCO. The van der Waals surface area contributed by atoms with E-state index < -0.39 is 0 Å². The van der Waals surface area contributed by atoms with Gasteiger partial charge in [0.1, 0.15) is 0 Å². The average molecular weight is 182 g/mol. The Morgan fingerprint density at radius 3 is 2.31 bits per heavy atom. The Labute approximate surface area is 82.2 Å². The predicted molar refractivity (Wildman–Crippen MR) is 58.7 cm³/mol. The van der Waals surface area contributed by atoms with Gasteiger partial charge in [-0.05, 0) is 25.7 Å². The first-order valence-electron chi connectivity index (χ1n) is 5.34. The van der Waals surface area contributed by atoms with Crippen molar-refractivity contribution in [2.24, 2.45) is 0 Å². The van der Waals surface area contributed by atoms with Crippen LogP contribution in [0.2, 0.25) is 0 Å². The molecular weight excluding hydrogens is 160 g/mol. The highest BCUT2D eigenvalue weighted by molar-refractivity contribution is 5.01. The fourth-order valence-corrected chi connectivity index (χ4v) is 1.12. The van der Waals surface area contributed by atoms with Crippen molar-refractivity contribution in [3.63, 3.8) is 0 Å². The molecule has 0 aliphatic rings. The summed E-state index contributed by atoms with van der Waals surface area (Å²) in [7, 11) is 0. The van der Waals surface area contributed by atoms with Gasteiger partial charge in [-0.15, -0.1) is 0 Å². The van der Waals surface area contributed by atoms with E-state index in [-0.39, 0.29) is 0 Å². The minimum Gasteiger partial charge on any atom is -0.396 e. The lowest BCUT2D eigenvalue weighted by Crippen LogP contribution is -1.82. The normalized spacial score (nSPS) is 11.8. The maximum Gasteiger partial charge on any atom is 0.0431 e. The van der Waals surface area contributed by atoms with Crippen LogP contribution in [0.5, 0.6) is 0 Å². The molecule has 0 amide bonds. The van der Waals surface area contributed by atoms with Gasteiger partial charge < -0.3 is 5.11 Å². The third-order valence-corrected chi connectivity index (χ3v) is 1.90. The first kappa shape index (κ1) is 12.4. The van der Waals surface area contributed by atoms with Gasteiger partial charge in [0.2, 0.25) is 0 Å². The molecule has 0 saturated heterocycles. The standard InChI is InChI=1S/C12H22O/c1-2-3-4-5-6-7-8-9-10-11-12-13/h3-6,13H,2,7-12H2,1H3/b4-3-,6-5-. The topological polar surface area (TPSA) is 20.2 Å². The predicted octanol–water partition coefficient (Wildman–Crippen LogP) is 3.45. The van der Waals surface area contributed by atoms with Gasteiger partial charge in [-0.25, -0.2) is 0 Å². The minimum absolute atomic E-state index is 0.342. The van der Waals surface area contributed by atoms with Crippen molar-refractivity contribution in [2.45, 2.75) is 45.4 Å². The molecule has 0 heterocycles. The Kier molecular flexibility index (Phi) is 10.9. The summed E-state index contributed by atoms with van der Waals surface area (Å²) < 4.78 is 0. The second-order valence-electron chi connectivity index (χ2n) is 3.19. The number of unbranched alkanes of at least 4 members (excludes halogenated alkanes) is 4. The lowest BCUT2D eigenvalue weighted by molar-refractivity contribution is 0.282. The Morgan fingerprint density at radius 2 is 1.62 bits per heavy atom. The Hall–Kier alpha value is -0.560. The highest BCUT2D eigenvalue weighted by atomic mass is 16.2. The number of allylic oxidation sites excluding steroid dienone is 4. The molecule has 76 valence electrons. The molecule has 0 bridgehead atoms. The van der Waals surface area contributed by atoms with Gasteiger partial charge in [-0.1, -0.05) is 44.1 Å². The van der Waals surface area contributed by atoms with E-state index in [1.54, 1.807) is 0 Å². The molecule has 0 atom stereocenters. The van der Waals surface area contributed by atoms with Crippen LogP contribution in [0.3, 0.4) is 0 Å². The molecule has 0 aliphatic heterocycles. The summed E-state index contributed by atoms with van der Waals surface area (Å²) in [6.07, 6.45) is 15.5. The van der Waals surface area contributed by atoms with Crippen LogP contribution in [-0.2, 0) is 0 Å². The van der Waals surface area contributed by atoms with E-state index in [2.05, 4.69) is 31.2 Å². The number of hydrogen-bond acceptors (Lipinski definition) is 1. The molecule has 0 aromatic carbocycles. The molecule has 0 aromatic heterocycles. The van der Waals surface area contributed by atoms with Gasteiger partial charge in [-0.2, -0.15) is 0 Å². The van der Waals surface area contributed by atoms with Crippen molar-refractivity contribution in [1.82, 2.24) is 0 Å². The number of rotatable bonds is 8. The van der Waals surface area contributed by atoms with Gasteiger partial charge in [0.15, 0.2) is 0 Å². The van der Waals surface area contributed by atoms with E-state index in [0.717, 1.165) is 19.3 Å². The van der Waals surface area contributed by atoms with Gasteiger partial charge in [0.25, 0.3) is 0 Å². The van der Waals surface area contributed by atoms with Crippen molar-refractivity contribution in [3.8, 4) is 0 Å². The molecule has 0 unspecified atom stereocenters. The first-order valence-corrected chi connectivity index (χ1v) is 5.34. The van der Waals surface area contributed by atoms with Crippen molar-refractivity contribution < 1.29 is 5.11 Å². The monoisotopic (exact) mass is 182 g/mol. The third kappa shape index (κ3) is 11.4. The van der Waals surface area contributed by atoms with Crippen molar-refractivity contribution in [1.29, 1.82) is 0 Å². The molecule has 0 aliphatic carbocycles. The summed E-state index contributed by atoms with van der Waals surface area (Å²) in [5.74, 6) is 0. The second-order valence-corrected chi connectivity index (χ2v) is 3.19. The van der Waals surface area contributed by atoms with Crippen LogP contribution < -0.4 is 0 Å². The van der Waals surface area contributed by atoms with Crippen molar-refractivity contribution in [2.75, 3.05) is 6.61 Å². The number of hydrogen-bond donors (Lipinski definition) is 1. The van der Waals surface area contributed by atoms with Crippen LogP contribution in [0.4, 0.5) is 0 Å². The Balaban J connectivity index is 3.06. The van der Waals surface area contributed by atoms with Crippen molar-refractivity contribution >= 4 is 0 Å². The zero-order chi connectivity index (χ0) is 9.78. The fraction of sp³-hybridized carbons (Fsp3) is 0.667. The summed E-state index contributed by atoms with van der Waals surface area (Å²) in [6, 6.07) is 0. The minimum atomic E-state index is 0.342. The van der Waals surface area contributed by atoms with Gasteiger partial charge >= 0.3 is 0 Å². The lowest BCUT2D eigenvalue weighted by atomic mass is 10.1. The summed E-state index contributed by atoms with van der Waals surface area (Å²) in [5, 5.41) is 8.54. The molecular formula is C12H22O. The fourth-order valence-electron chi connectivity index (χ4n) is 1.12. The molecule has 0 saturated carbocycles. The quantitative estimate of drug-likeness (QED) is 0.450. The third-order valence-electron chi connectivity index (χ3n) is 1.90. The molecule has 1 heteroatoms. The highest BCUT2D eigenvalue weighted by Gasteiger charge is 1.85. The zero-order valence-corrected chi connectivity index (χ0v) is 8.71. The summed E-state index contributed by atoms with van der Waals surface area (Å²) in [6.45, 7) is 2.48. The second kappa shape index (κ2) is 11.4. The van der Waals surface area contributed by atoms with Gasteiger partial charge in [0, 0.05) is 6.61 Å². The van der Waals surface area contributed by atoms with Crippen molar-refractivity contribution in [3.05, 3.63) is 24.3 Å². The maximum atomic E-state index is 8.54. The van der Waals surface area contributed by atoms with Crippen LogP contribution in [0.15, 0.2) is 24.3 Å². The molecule has 0 fully saturated rings. The Morgan fingerprint density at radius 1 is 0.923 bits per heavy atom. The molecule has 0 rings (SSSR count). The molecule has 0 aromatic rings. The van der Waals surface area contributed by atoms with Crippen LogP contribution in [0, 0.1) is 0 Å². The van der Waals surface area contributed by atoms with Gasteiger partial charge in [-0.3, -0.25) is 0 Å². The smallest absolute Gasteiger partial charge is 0.0431 e. The summed E-state index contributed by atoms with van der Waals surface area (Å²) in [5.41, 5.74) is 0. The van der Waals surface area contributed by atoms with E-state index in [1.165, 1.54) is 19.3 Å². The zero-order valence-electron chi connectivity index (χ0n) is 8.71. The maximum absolute atomic E-state index is 8.54. The number of aliphatic hydroxyl groups excluding tert-OH is 1. The lowest BCUT2D eigenvalue weighted by Gasteiger charge is -1.94. The van der Waals surface area contributed by atoms with E-state index in [1.807, 2.05) is 0 Å². The molecule has 13 heavy (non-hydrogen) atoms. The Bertz CT molecular complexity index is 136. The summed E-state index contributed by atoms with van der Waals surface area (Å²) in [4.78, 5) is 0. The van der Waals surface area contributed by atoms with Crippen LogP contribution in [0.25, 0.3) is 0 Å². The first-order chi connectivity index (χ1) is 6.41. The summed E-state index contributed by atoms with van der Waals surface area (Å²) >= 11 is 0. The molecule has 1 nitrogen and oxygen atoms in total. The highest BCUT2D eigenvalue weighted by Crippen LogP contribution is 2.02. The van der Waals surface area contributed by atoms with E-state index in [0.29, 0.717) is 6.61 Å². The van der Waals surface area contributed by atoms with E-state index in [9.17, 15) is 0 Å². The average Bonchev–Trinajstić information content (AvgIpc) is 2.16. The largest absolute Gasteiger partial charge is 0.396 e. The molecule has 0 radical (unpaired) electrons. The van der Waals surface area contributed by atoms with Crippen LogP contribution in [-0.4, -0.2) is 11.7 Å². The van der Waals surface area contributed by atoms with Crippen LogP contribution in [0.1, 0.15) is 45.4 Å². The van der Waals surface area contributed by atoms with Crippen LogP contribution >= 0.6 is 0 Å². The molecule has 0 spiro atoms. The van der Waals surface area contributed by atoms with E-state index in [4.69, 9.17) is 5.11 Å². The number of aliphatic hydroxyl groups is 1.